The molecule has 0 spiro atoms. The van der Waals surface area contributed by atoms with Gasteiger partial charge >= 0.3 is 0 Å². The zero-order valence-electron chi connectivity index (χ0n) is 14.6. The molecule has 1 aromatic heterocycles. The summed E-state index contributed by atoms with van der Waals surface area (Å²) in [4.78, 5) is 27.4. The molecule has 1 aliphatic heterocycles. The second kappa shape index (κ2) is 7.48. The zero-order valence-corrected chi connectivity index (χ0v) is 14.6. The Balaban J connectivity index is 1.56. The lowest BCUT2D eigenvalue weighted by Crippen LogP contribution is -2.50. The summed E-state index contributed by atoms with van der Waals surface area (Å²) in [5.74, 6) is -0.0900. The second-order valence-electron chi connectivity index (χ2n) is 6.37. The minimum atomic E-state index is -0.135. The molecule has 1 fully saturated rings. The van der Waals surface area contributed by atoms with Crippen LogP contribution < -0.4 is 5.32 Å². The Hall–Kier alpha value is -2.67. The number of nitrogens with one attached hydrogen (secondary N) is 1. The van der Waals surface area contributed by atoms with E-state index >= 15 is 0 Å². The number of rotatable bonds is 5. The van der Waals surface area contributed by atoms with Crippen LogP contribution in [0.1, 0.15) is 18.5 Å². The van der Waals surface area contributed by atoms with E-state index in [4.69, 9.17) is 0 Å². The zero-order chi connectivity index (χ0) is 17.8. The third-order valence-corrected chi connectivity index (χ3v) is 4.47. The minimum absolute atomic E-state index is 0.0450. The predicted octanol–water partition coefficient (Wildman–Crippen LogP) is 1.20. The molecule has 1 unspecified atom stereocenters. The molecule has 2 aromatic rings. The van der Waals surface area contributed by atoms with Gasteiger partial charge < -0.3 is 10.2 Å². The molecular weight excluding hydrogens is 318 g/mol. The van der Waals surface area contributed by atoms with Gasteiger partial charge in [0.1, 0.15) is 0 Å². The number of carbonyl (C=O) groups excluding carboxylic acids is 2. The van der Waals surface area contributed by atoms with Gasteiger partial charge in [0.05, 0.1) is 31.0 Å². The standard InChI is InChI=1S/C18H23N5O2/c1-14(15-6-4-3-5-7-15)23-11-16(10-19-23)20-17(24)12-22-9-8-21(2)18(25)13-22/h3-7,10-11,14H,8-9,12-13H2,1-2H3,(H,20,24). The smallest absolute Gasteiger partial charge is 0.238 e. The van der Waals surface area contributed by atoms with Crippen LogP contribution in [-0.4, -0.2) is 64.6 Å². The Kier molecular flexibility index (Phi) is 5.14. The lowest BCUT2D eigenvalue weighted by molar-refractivity contribution is -0.135. The molecule has 1 atom stereocenters. The number of benzene rings is 1. The third-order valence-electron chi connectivity index (χ3n) is 4.47. The van der Waals surface area contributed by atoms with Crippen molar-refractivity contribution in [1.29, 1.82) is 0 Å². The van der Waals surface area contributed by atoms with E-state index in [1.807, 2.05) is 34.0 Å². The van der Waals surface area contributed by atoms with Gasteiger partial charge in [-0.05, 0) is 12.5 Å². The largest absolute Gasteiger partial charge is 0.343 e. The predicted molar refractivity (Wildman–Crippen MR) is 95.2 cm³/mol. The van der Waals surface area contributed by atoms with Crippen LogP contribution in [0.2, 0.25) is 0 Å². The molecular formula is C18H23N5O2. The quantitative estimate of drug-likeness (QED) is 0.887. The fraction of sp³-hybridized carbons (Fsp3) is 0.389. The summed E-state index contributed by atoms with van der Waals surface area (Å²) in [7, 11) is 1.78. The molecule has 1 aliphatic rings. The second-order valence-corrected chi connectivity index (χ2v) is 6.37. The van der Waals surface area contributed by atoms with Crippen LogP contribution >= 0.6 is 0 Å². The monoisotopic (exact) mass is 341 g/mol. The highest BCUT2D eigenvalue weighted by Gasteiger charge is 2.22. The van der Waals surface area contributed by atoms with Crippen LogP contribution in [0, 0.1) is 0 Å². The van der Waals surface area contributed by atoms with Crippen LogP contribution in [0.25, 0.3) is 0 Å². The lowest BCUT2D eigenvalue weighted by atomic mass is 10.1. The minimum Gasteiger partial charge on any atom is -0.343 e. The van der Waals surface area contributed by atoms with Gasteiger partial charge in [-0.25, -0.2) is 0 Å². The van der Waals surface area contributed by atoms with Crippen molar-refractivity contribution in [3.63, 3.8) is 0 Å². The van der Waals surface area contributed by atoms with Crippen molar-refractivity contribution in [2.75, 3.05) is 38.5 Å². The number of amides is 2. The fourth-order valence-electron chi connectivity index (χ4n) is 2.84. The average molecular weight is 341 g/mol. The number of hydrogen-bond acceptors (Lipinski definition) is 4. The maximum atomic E-state index is 12.2. The highest BCUT2D eigenvalue weighted by molar-refractivity contribution is 5.92. The van der Waals surface area contributed by atoms with Crippen molar-refractivity contribution >= 4 is 17.5 Å². The molecule has 1 N–H and O–H groups in total. The van der Waals surface area contributed by atoms with E-state index in [9.17, 15) is 9.59 Å². The molecule has 0 radical (unpaired) electrons. The molecule has 3 rings (SSSR count). The molecule has 0 saturated carbocycles. The van der Waals surface area contributed by atoms with E-state index in [0.29, 0.717) is 18.8 Å². The number of anilines is 1. The number of carbonyl (C=O) groups is 2. The first-order valence-electron chi connectivity index (χ1n) is 8.38. The first-order valence-corrected chi connectivity index (χ1v) is 8.38. The summed E-state index contributed by atoms with van der Waals surface area (Å²) < 4.78 is 1.82. The van der Waals surface area contributed by atoms with Crippen molar-refractivity contribution < 1.29 is 9.59 Å². The highest BCUT2D eigenvalue weighted by Crippen LogP contribution is 2.18. The molecule has 2 amide bonds. The van der Waals surface area contributed by atoms with E-state index in [2.05, 4.69) is 29.5 Å². The maximum Gasteiger partial charge on any atom is 0.238 e. The summed E-state index contributed by atoms with van der Waals surface area (Å²) in [6, 6.07) is 10.2. The molecule has 7 heteroatoms. The van der Waals surface area contributed by atoms with E-state index in [1.54, 1.807) is 18.1 Å². The van der Waals surface area contributed by atoms with Crippen LogP contribution in [0.15, 0.2) is 42.7 Å². The molecule has 25 heavy (non-hydrogen) atoms. The Labute approximate surface area is 147 Å². The molecule has 2 heterocycles. The molecule has 0 bridgehead atoms. The molecule has 0 aliphatic carbocycles. The highest BCUT2D eigenvalue weighted by atomic mass is 16.2. The fourth-order valence-corrected chi connectivity index (χ4v) is 2.84. The Bertz CT molecular complexity index is 743. The number of piperazine rings is 1. The maximum absolute atomic E-state index is 12.2. The Morgan fingerprint density at radius 2 is 2.04 bits per heavy atom. The topological polar surface area (TPSA) is 70.5 Å². The van der Waals surface area contributed by atoms with Gasteiger partial charge in [-0.1, -0.05) is 30.3 Å². The van der Waals surface area contributed by atoms with Crippen LogP contribution in [0.5, 0.6) is 0 Å². The molecule has 132 valence electrons. The summed E-state index contributed by atoms with van der Waals surface area (Å²) in [6.45, 7) is 3.91. The average Bonchev–Trinajstić information content (AvgIpc) is 3.06. The first-order chi connectivity index (χ1) is 12.0. The number of hydrogen-bond donors (Lipinski definition) is 1. The molecule has 1 saturated heterocycles. The summed E-state index contributed by atoms with van der Waals surface area (Å²) >= 11 is 0. The SMILES string of the molecule is CC(c1ccccc1)n1cc(NC(=O)CN2CCN(C)C(=O)C2)cn1. The number of likely N-dealkylation sites (N-methyl/N-ethyl adjacent to an activating group) is 1. The lowest BCUT2D eigenvalue weighted by Gasteiger charge is -2.31. The Morgan fingerprint density at radius 3 is 2.76 bits per heavy atom. The number of aromatic nitrogens is 2. The van der Waals surface area contributed by atoms with E-state index in [0.717, 1.165) is 5.56 Å². The van der Waals surface area contributed by atoms with Crippen molar-refractivity contribution in [2.45, 2.75) is 13.0 Å². The van der Waals surface area contributed by atoms with Crippen molar-refractivity contribution in [1.82, 2.24) is 19.6 Å². The summed E-state index contributed by atoms with van der Waals surface area (Å²) in [5, 5.41) is 7.20. The van der Waals surface area contributed by atoms with Gasteiger partial charge in [0.2, 0.25) is 11.8 Å². The summed E-state index contributed by atoms with van der Waals surface area (Å²) in [5.41, 5.74) is 1.81. The molecule has 7 nitrogen and oxygen atoms in total. The van der Waals surface area contributed by atoms with Gasteiger partial charge in [0, 0.05) is 26.3 Å². The van der Waals surface area contributed by atoms with E-state index < -0.39 is 0 Å². The van der Waals surface area contributed by atoms with Crippen LogP contribution in [-0.2, 0) is 9.59 Å². The normalized spacial score (nSPS) is 16.7. The van der Waals surface area contributed by atoms with Gasteiger partial charge in [-0.2, -0.15) is 5.10 Å². The Morgan fingerprint density at radius 1 is 1.28 bits per heavy atom. The third kappa shape index (κ3) is 4.24. The van der Waals surface area contributed by atoms with Crippen molar-refractivity contribution in [3.8, 4) is 0 Å². The van der Waals surface area contributed by atoms with Crippen LogP contribution in [0.4, 0.5) is 5.69 Å². The van der Waals surface area contributed by atoms with Gasteiger partial charge in [0.15, 0.2) is 0 Å². The number of nitrogens with zero attached hydrogens (tertiary/aromatic N) is 4. The van der Waals surface area contributed by atoms with Crippen molar-refractivity contribution in [2.24, 2.45) is 0 Å². The first kappa shape index (κ1) is 17.2. The van der Waals surface area contributed by atoms with Gasteiger partial charge in [-0.15, -0.1) is 0 Å². The van der Waals surface area contributed by atoms with E-state index in [-0.39, 0.29) is 30.9 Å². The van der Waals surface area contributed by atoms with Gasteiger partial charge in [0.25, 0.3) is 0 Å². The summed E-state index contributed by atoms with van der Waals surface area (Å²) in [6.07, 6.45) is 3.47. The van der Waals surface area contributed by atoms with Crippen LogP contribution in [0.3, 0.4) is 0 Å². The van der Waals surface area contributed by atoms with Crippen molar-refractivity contribution in [3.05, 3.63) is 48.3 Å². The molecule has 1 aromatic carbocycles. The van der Waals surface area contributed by atoms with Gasteiger partial charge in [-0.3, -0.25) is 19.2 Å². The van der Waals surface area contributed by atoms with E-state index in [1.165, 1.54) is 0 Å².